The molecular formula is C19H17F3N2O3S. The van der Waals surface area contributed by atoms with Crippen LogP contribution in [-0.4, -0.2) is 29.6 Å². The van der Waals surface area contributed by atoms with Crippen molar-refractivity contribution < 1.29 is 26.7 Å². The molecule has 0 amide bonds. The normalized spacial score (nSPS) is 13.5. The molecule has 0 aliphatic carbocycles. The molecule has 0 saturated carbocycles. The van der Waals surface area contributed by atoms with Gasteiger partial charge < -0.3 is 5.11 Å². The summed E-state index contributed by atoms with van der Waals surface area (Å²) >= 11 is 0. The molecule has 0 radical (unpaired) electrons. The fraction of sp³-hybridized carbons (Fsp3) is 0.211. The van der Waals surface area contributed by atoms with E-state index in [4.69, 9.17) is 0 Å². The van der Waals surface area contributed by atoms with Gasteiger partial charge in [-0.05, 0) is 42.8 Å². The molecule has 1 atom stereocenters. The maximum absolute atomic E-state index is 13.2. The van der Waals surface area contributed by atoms with Gasteiger partial charge in [0.2, 0.25) is 0 Å². The number of rotatable bonds is 4. The second-order valence-corrected chi connectivity index (χ2v) is 8.40. The van der Waals surface area contributed by atoms with E-state index in [2.05, 4.69) is 5.10 Å². The Morgan fingerprint density at radius 3 is 2.07 bits per heavy atom. The van der Waals surface area contributed by atoms with Gasteiger partial charge in [0.1, 0.15) is 0 Å². The summed E-state index contributed by atoms with van der Waals surface area (Å²) in [5.74, 6) is 0. The quantitative estimate of drug-likeness (QED) is 0.705. The van der Waals surface area contributed by atoms with Gasteiger partial charge in [-0.25, -0.2) is 13.1 Å². The summed E-state index contributed by atoms with van der Waals surface area (Å²) in [6, 6.07) is 12.8. The van der Waals surface area contributed by atoms with Gasteiger partial charge >= 0.3 is 6.18 Å². The Balaban J connectivity index is 2.13. The number of hydrogen-bond acceptors (Lipinski definition) is 4. The summed E-state index contributed by atoms with van der Waals surface area (Å²) < 4.78 is 64.0. The van der Waals surface area contributed by atoms with Crippen LogP contribution in [0.15, 0.2) is 59.5 Å². The predicted molar refractivity (Wildman–Crippen MR) is 97.7 cm³/mol. The molecule has 0 fully saturated rings. The van der Waals surface area contributed by atoms with Crippen LogP contribution in [0.1, 0.15) is 24.3 Å². The van der Waals surface area contributed by atoms with Crippen molar-refractivity contribution >= 4 is 9.84 Å². The van der Waals surface area contributed by atoms with E-state index in [9.17, 15) is 26.7 Å². The zero-order valence-electron chi connectivity index (χ0n) is 15.0. The topological polar surface area (TPSA) is 72.2 Å². The lowest BCUT2D eigenvalue weighted by Gasteiger charge is -2.10. The lowest BCUT2D eigenvalue weighted by Crippen LogP contribution is -2.07. The number of alkyl halides is 3. The summed E-state index contributed by atoms with van der Waals surface area (Å²) in [5.41, 5.74) is 0.481. The first-order valence-electron chi connectivity index (χ1n) is 8.23. The lowest BCUT2D eigenvalue weighted by molar-refractivity contribution is -0.141. The van der Waals surface area contributed by atoms with E-state index in [-0.39, 0.29) is 10.6 Å². The van der Waals surface area contributed by atoms with Crippen LogP contribution in [0.5, 0.6) is 0 Å². The van der Waals surface area contributed by atoms with E-state index in [1.807, 2.05) is 0 Å². The lowest BCUT2D eigenvalue weighted by atomic mass is 10.1. The van der Waals surface area contributed by atoms with Crippen LogP contribution in [0.4, 0.5) is 13.2 Å². The fourth-order valence-corrected chi connectivity index (χ4v) is 3.32. The monoisotopic (exact) mass is 410 g/mol. The number of benzene rings is 2. The van der Waals surface area contributed by atoms with Gasteiger partial charge in [0.15, 0.2) is 15.5 Å². The summed E-state index contributed by atoms with van der Waals surface area (Å²) in [4.78, 5) is 0.0691. The van der Waals surface area contributed by atoms with Crippen molar-refractivity contribution in [2.75, 3.05) is 6.26 Å². The Kier molecular flexibility index (Phi) is 5.07. The molecule has 28 heavy (non-hydrogen) atoms. The van der Waals surface area contributed by atoms with E-state index >= 15 is 0 Å². The number of aromatic nitrogens is 2. The SMILES string of the molecule is CC(O)c1ccc(-n2nc(C(F)(F)F)cc2-c2ccc(S(C)(=O)=O)cc2)cc1. The molecule has 3 rings (SSSR count). The largest absolute Gasteiger partial charge is 0.435 e. The van der Waals surface area contributed by atoms with Crippen molar-refractivity contribution in [2.24, 2.45) is 0 Å². The summed E-state index contributed by atoms with van der Waals surface area (Å²) in [7, 11) is -3.42. The number of halogens is 3. The van der Waals surface area contributed by atoms with Gasteiger partial charge in [-0.15, -0.1) is 0 Å². The maximum atomic E-state index is 13.2. The van der Waals surface area contributed by atoms with E-state index in [1.165, 1.54) is 24.3 Å². The third-order valence-corrected chi connectivity index (χ3v) is 5.33. The van der Waals surface area contributed by atoms with Crippen molar-refractivity contribution in [2.45, 2.75) is 24.1 Å². The number of aliphatic hydroxyl groups is 1. The third kappa shape index (κ3) is 4.10. The van der Waals surface area contributed by atoms with Gasteiger partial charge in [-0.2, -0.15) is 18.3 Å². The van der Waals surface area contributed by atoms with Crippen molar-refractivity contribution in [3.63, 3.8) is 0 Å². The molecule has 148 valence electrons. The highest BCUT2D eigenvalue weighted by Crippen LogP contribution is 2.33. The zero-order chi connectivity index (χ0) is 20.7. The van der Waals surface area contributed by atoms with Crippen molar-refractivity contribution in [1.29, 1.82) is 0 Å². The van der Waals surface area contributed by atoms with Crippen LogP contribution in [0.2, 0.25) is 0 Å². The van der Waals surface area contributed by atoms with E-state index in [1.54, 1.807) is 31.2 Å². The number of hydrogen-bond donors (Lipinski definition) is 1. The highest BCUT2D eigenvalue weighted by Gasteiger charge is 2.35. The Hall–Kier alpha value is -2.65. The minimum absolute atomic E-state index is 0.0691. The first kappa shape index (κ1) is 20.1. The van der Waals surface area contributed by atoms with Gasteiger partial charge in [0, 0.05) is 11.8 Å². The predicted octanol–water partition coefficient (Wildman–Crippen LogP) is 4.01. The summed E-state index contributed by atoms with van der Waals surface area (Å²) in [6.45, 7) is 1.58. The molecule has 0 aliphatic rings. The second-order valence-electron chi connectivity index (χ2n) is 6.39. The van der Waals surface area contributed by atoms with E-state index in [0.29, 0.717) is 16.8 Å². The maximum Gasteiger partial charge on any atom is 0.435 e. The summed E-state index contributed by atoms with van der Waals surface area (Å²) in [6.07, 6.45) is -4.29. The molecule has 1 aromatic heterocycles. The van der Waals surface area contributed by atoms with Crippen molar-refractivity contribution in [1.82, 2.24) is 9.78 Å². The van der Waals surface area contributed by atoms with Gasteiger partial charge in [0.05, 0.1) is 22.4 Å². The van der Waals surface area contributed by atoms with Crippen LogP contribution < -0.4 is 0 Å². The molecule has 0 spiro atoms. The van der Waals surface area contributed by atoms with Gasteiger partial charge in [0.25, 0.3) is 0 Å². The highest BCUT2D eigenvalue weighted by molar-refractivity contribution is 7.90. The Bertz CT molecular complexity index is 1080. The smallest absolute Gasteiger partial charge is 0.389 e. The molecule has 5 nitrogen and oxygen atoms in total. The van der Waals surface area contributed by atoms with Crippen LogP contribution in [0.25, 0.3) is 16.9 Å². The fourth-order valence-electron chi connectivity index (χ4n) is 2.69. The highest BCUT2D eigenvalue weighted by atomic mass is 32.2. The van der Waals surface area contributed by atoms with Crippen molar-refractivity contribution in [3.8, 4) is 16.9 Å². The first-order chi connectivity index (χ1) is 13.0. The minimum atomic E-state index is -4.63. The zero-order valence-corrected chi connectivity index (χ0v) is 15.8. The average molecular weight is 410 g/mol. The number of aliphatic hydroxyl groups excluding tert-OH is 1. The van der Waals surface area contributed by atoms with Crippen LogP contribution >= 0.6 is 0 Å². The Labute approximate surface area is 160 Å². The van der Waals surface area contributed by atoms with Gasteiger partial charge in [-0.3, -0.25) is 0 Å². The molecule has 3 aromatic rings. The Morgan fingerprint density at radius 2 is 1.61 bits per heavy atom. The minimum Gasteiger partial charge on any atom is -0.389 e. The van der Waals surface area contributed by atoms with E-state index < -0.39 is 27.8 Å². The average Bonchev–Trinajstić information content (AvgIpc) is 3.07. The first-order valence-corrected chi connectivity index (χ1v) is 10.1. The summed E-state index contributed by atoms with van der Waals surface area (Å²) in [5, 5.41) is 13.3. The number of sulfone groups is 1. The molecule has 1 N–H and O–H groups in total. The van der Waals surface area contributed by atoms with Crippen LogP contribution in [0, 0.1) is 0 Å². The van der Waals surface area contributed by atoms with E-state index in [0.717, 1.165) is 17.0 Å². The Morgan fingerprint density at radius 1 is 1.04 bits per heavy atom. The molecule has 0 aliphatic heterocycles. The third-order valence-electron chi connectivity index (χ3n) is 4.20. The van der Waals surface area contributed by atoms with Crippen molar-refractivity contribution in [3.05, 3.63) is 65.9 Å². The molecular weight excluding hydrogens is 393 g/mol. The molecule has 1 heterocycles. The molecule has 0 saturated heterocycles. The van der Waals surface area contributed by atoms with Crippen LogP contribution in [0.3, 0.4) is 0 Å². The standard InChI is InChI=1S/C19H17F3N2O3S/c1-12(25)13-3-7-15(8-4-13)24-17(11-18(23-24)19(20,21)22)14-5-9-16(10-6-14)28(2,26)27/h3-12,25H,1-2H3. The second kappa shape index (κ2) is 7.06. The molecule has 0 bridgehead atoms. The molecule has 1 unspecified atom stereocenters. The van der Waals surface area contributed by atoms with Gasteiger partial charge in [-0.1, -0.05) is 24.3 Å². The van der Waals surface area contributed by atoms with Crippen LogP contribution in [-0.2, 0) is 16.0 Å². The number of nitrogens with zero attached hydrogens (tertiary/aromatic N) is 2. The molecule has 9 heteroatoms. The molecule has 2 aromatic carbocycles.